The van der Waals surface area contributed by atoms with Crippen LogP contribution in [0, 0.1) is 11.7 Å². The van der Waals surface area contributed by atoms with Gasteiger partial charge >= 0.3 is 0 Å². The van der Waals surface area contributed by atoms with Crippen molar-refractivity contribution in [3.63, 3.8) is 0 Å². The molecule has 1 aliphatic heterocycles. The number of rotatable bonds is 4. The standard InChI is InChI=1S/C14H20FNO2S/c1-11-6-7-16(8-9-19(2,17)18)14(11)12-4-3-5-13(15)10-12/h3-5,10-11,14H,6-9H2,1-2H3. The van der Waals surface area contributed by atoms with Crippen LogP contribution >= 0.6 is 0 Å². The number of hydrogen-bond acceptors (Lipinski definition) is 3. The van der Waals surface area contributed by atoms with E-state index < -0.39 is 9.84 Å². The monoisotopic (exact) mass is 285 g/mol. The van der Waals surface area contributed by atoms with Gasteiger partial charge in [-0.2, -0.15) is 0 Å². The van der Waals surface area contributed by atoms with Crippen LogP contribution in [0.15, 0.2) is 24.3 Å². The van der Waals surface area contributed by atoms with Gasteiger partial charge in [0.25, 0.3) is 0 Å². The molecule has 5 heteroatoms. The summed E-state index contributed by atoms with van der Waals surface area (Å²) >= 11 is 0. The Morgan fingerprint density at radius 1 is 1.42 bits per heavy atom. The molecule has 2 atom stereocenters. The van der Waals surface area contributed by atoms with Gasteiger partial charge in [0, 0.05) is 18.8 Å². The molecule has 19 heavy (non-hydrogen) atoms. The van der Waals surface area contributed by atoms with Crippen LogP contribution in [0.1, 0.15) is 24.9 Å². The second-order valence-electron chi connectivity index (χ2n) is 5.43. The van der Waals surface area contributed by atoms with E-state index in [1.54, 1.807) is 12.1 Å². The number of likely N-dealkylation sites (tertiary alicyclic amines) is 1. The fraction of sp³-hybridized carbons (Fsp3) is 0.571. The first-order chi connectivity index (χ1) is 8.87. The van der Waals surface area contributed by atoms with E-state index in [0.29, 0.717) is 12.5 Å². The van der Waals surface area contributed by atoms with Crippen molar-refractivity contribution in [2.45, 2.75) is 19.4 Å². The van der Waals surface area contributed by atoms with Gasteiger partial charge in [-0.05, 0) is 36.6 Å². The Bertz CT molecular complexity index is 544. The van der Waals surface area contributed by atoms with Gasteiger partial charge in [0.05, 0.1) is 5.75 Å². The van der Waals surface area contributed by atoms with Crippen molar-refractivity contribution in [2.75, 3.05) is 25.1 Å². The molecule has 106 valence electrons. The highest BCUT2D eigenvalue weighted by Gasteiger charge is 2.32. The smallest absolute Gasteiger partial charge is 0.148 e. The molecule has 0 N–H and O–H groups in total. The van der Waals surface area contributed by atoms with Crippen LogP contribution in [-0.4, -0.2) is 38.4 Å². The minimum Gasteiger partial charge on any atom is -0.295 e. The highest BCUT2D eigenvalue weighted by molar-refractivity contribution is 7.90. The lowest BCUT2D eigenvalue weighted by atomic mass is 9.95. The lowest BCUT2D eigenvalue weighted by molar-refractivity contribution is 0.246. The third-order valence-corrected chi connectivity index (χ3v) is 4.67. The van der Waals surface area contributed by atoms with Gasteiger partial charge in [0.15, 0.2) is 0 Å². The van der Waals surface area contributed by atoms with Gasteiger partial charge in [-0.1, -0.05) is 19.1 Å². The van der Waals surface area contributed by atoms with E-state index in [9.17, 15) is 12.8 Å². The quantitative estimate of drug-likeness (QED) is 0.851. The molecule has 1 heterocycles. The third-order valence-electron chi connectivity index (χ3n) is 3.74. The third kappa shape index (κ3) is 3.76. The van der Waals surface area contributed by atoms with Crippen LogP contribution in [0.4, 0.5) is 4.39 Å². The summed E-state index contributed by atoms with van der Waals surface area (Å²) < 4.78 is 35.9. The van der Waals surface area contributed by atoms with Crippen LogP contribution in [0.5, 0.6) is 0 Å². The molecule has 1 aliphatic rings. The van der Waals surface area contributed by atoms with Gasteiger partial charge in [-0.15, -0.1) is 0 Å². The SMILES string of the molecule is CC1CCN(CCS(C)(=O)=O)C1c1cccc(F)c1. The minimum absolute atomic E-state index is 0.123. The van der Waals surface area contributed by atoms with E-state index in [2.05, 4.69) is 11.8 Å². The first-order valence-electron chi connectivity index (χ1n) is 6.54. The Kier molecular flexibility index (Phi) is 4.26. The maximum atomic E-state index is 13.3. The van der Waals surface area contributed by atoms with Crippen LogP contribution < -0.4 is 0 Å². The fourth-order valence-corrected chi connectivity index (χ4v) is 3.36. The van der Waals surface area contributed by atoms with Gasteiger partial charge in [0.2, 0.25) is 0 Å². The highest BCUT2D eigenvalue weighted by Crippen LogP contribution is 2.36. The van der Waals surface area contributed by atoms with E-state index in [0.717, 1.165) is 18.5 Å². The summed E-state index contributed by atoms with van der Waals surface area (Å²) in [4.78, 5) is 2.15. The topological polar surface area (TPSA) is 37.4 Å². The summed E-state index contributed by atoms with van der Waals surface area (Å²) in [6, 6.07) is 6.75. The summed E-state index contributed by atoms with van der Waals surface area (Å²) in [6.07, 6.45) is 2.27. The predicted octanol–water partition coefficient (Wildman–Crippen LogP) is 2.25. The molecular formula is C14H20FNO2S. The first kappa shape index (κ1) is 14.5. The van der Waals surface area contributed by atoms with Crippen molar-refractivity contribution in [3.05, 3.63) is 35.6 Å². The minimum atomic E-state index is -2.96. The summed E-state index contributed by atoms with van der Waals surface area (Å²) in [6.45, 7) is 3.53. The van der Waals surface area contributed by atoms with Gasteiger partial charge < -0.3 is 0 Å². The maximum absolute atomic E-state index is 13.3. The lowest BCUT2D eigenvalue weighted by Gasteiger charge is -2.27. The second-order valence-corrected chi connectivity index (χ2v) is 7.69. The molecule has 0 aliphatic carbocycles. The average Bonchev–Trinajstić information content (AvgIpc) is 2.67. The zero-order chi connectivity index (χ0) is 14.0. The van der Waals surface area contributed by atoms with E-state index >= 15 is 0 Å². The molecule has 3 nitrogen and oxygen atoms in total. The summed E-state index contributed by atoms with van der Waals surface area (Å²) in [5, 5.41) is 0. The number of nitrogens with zero attached hydrogens (tertiary/aromatic N) is 1. The van der Waals surface area contributed by atoms with Crippen molar-refractivity contribution >= 4 is 9.84 Å². The molecular weight excluding hydrogens is 265 g/mol. The van der Waals surface area contributed by atoms with E-state index in [1.165, 1.54) is 12.3 Å². The Labute approximate surface area is 114 Å². The normalized spacial score (nSPS) is 24.8. The van der Waals surface area contributed by atoms with Gasteiger partial charge in [0.1, 0.15) is 15.7 Å². The number of benzene rings is 1. The Balaban J connectivity index is 2.16. The van der Waals surface area contributed by atoms with Crippen molar-refractivity contribution in [1.29, 1.82) is 0 Å². The molecule has 1 fully saturated rings. The van der Waals surface area contributed by atoms with Crippen LogP contribution in [0.3, 0.4) is 0 Å². The molecule has 0 bridgehead atoms. The lowest BCUT2D eigenvalue weighted by Crippen LogP contribution is -2.30. The van der Waals surface area contributed by atoms with Crippen molar-refractivity contribution in [1.82, 2.24) is 4.90 Å². The first-order valence-corrected chi connectivity index (χ1v) is 8.60. The number of hydrogen-bond donors (Lipinski definition) is 0. The Morgan fingerprint density at radius 3 is 2.79 bits per heavy atom. The Morgan fingerprint density at radius 2 is 2.16 bits per heavy atom. The Hall–Kier alpha value is -0.940. The summed E-state index contributed by atoms with van der Waals surface area (Å²) in [5.41, 5.74) is 0.943. The molecule has 1 aromatic carbocycles. The maximum Gasteiger partial charge on any atom is 0.148 e. The van der Waals surface area contributed by atoms with E-state index in [4.69, 9.17) is 0 Å². The van der Waals surface area contributed by atoms with Gasteiger partial charge in [-0.25, -0.2) is 12.8 Å². The molecule has 0 saturated carbocycles. The van der Waals surface area contributed by atoms with Crippen molar-refractivity contribution in [3.8, 4) is 0 Å². The fourth-order valence-electron chi connectivity index (χ4n) is 2.79. The highest BCUT2D eigenvalue weighted by atomic mass is 32.2. The molecule has 0 amide bonds. The molecule has 0 aromatic heterocycles. The number of halogens is 1. The van der Waals surface area contributed by atoms with Crippen molar-refractivity contribution < 1.29 is 12.8 Å². The van der Waals surface area contributed by atoms with Crippen LogP contribution in [0.25, 0.3) is 0 Å². The average molecular weight is 285 g/mol. The van der Waals surface area contributed by atoms with E-state index in [-0.39, 0.29) is 17.6 Å². The summed E-state index contributed by atoms with van der Waals surface area (Å²) in [7, 11) is -2.96. The largest absolute Gasteiger partial charge is 0.295 e. The van der Waals surface area contributed by atoms with Crippen LogP contribution in [0.2, 0.25) is 0 Å². The number of sulfone groups is 1. The van der Waals surface area contributed by atoms with Crippen molar-refractivity contribution in [2.24, 2.45) is 5.92 Å². The zero-order valence-electron chi connectivity index (χ0n) is 11.3. The molecule has 1 aromatic rings. The molecule has 2 rings (SSSR count). The van der Waals surface area contributed by atoms with E-state index in [1.807, 2.05) is 6.07 Å². The van der Waals surface area contributed by atoms with Crippen LogP contribution in [-0.2, 0) is 9.84 Å². The molecule has 0 radical (unpaired) electrons. The summed E-state index contributed by atoms with van der Waals surface area (Å²) in [5.74, 6) is 0.340. The predicted molar refractivity (Wildman–Crippen MR) is 74.2 cm³/mol. The zero-order valence-corrected chi connectivity index (χ0v) is 12.2. The molecule has 2 unspecified atom stereocenters. The van der Waals surface area contributed by atoms with Gasteiger partial charge in [-0.3, -0.25) is 4.90 Å². The molecule has 1 saturated heterocycles. The molecule has 0 spiro atoms. The second kappa shape index (κ2) is 5.59.